The minimum Gasteiger partial charge on any atom is -0.492 e. The normalized spacial score (nSPS) is 11.1. The third kappa shape index (κ3) is 4.28. The Kier molecular flexibility index (Phi) is 6.09. The van der Waals surface area contributed by atoms with Crippen molar-refractivity contribution in [2.45, 2.75) is 13.5 Å². The van der Waals surface area contributed by atoms with E-state index in [1.54, 1.807) is 12.1 Å². The van der Waals surface area contributed by atoms with Gasteiger partial charge in [-0.15, -0.1) is 0 Å². The number of hydrogen-bond acceptors (Lipinski definition) is 6. The van der Waals surface area contributed by atoms with Crippen LogP contribution in [0, 0.1) is 11.5 Å². The maximum Gasteiger partial charge on any atom is 0.183 e. The highest BCUT2D eigenvalue weighted by Gasteiger charge is 2.10. The number of furan rings is 1. The summed E-state index contributed by atoms with van der Waals surface area (Å²) in [6, 6.07) is 9.00. The highest BCUT2D eigenvalue weighted by Crippen LogP contribution is 2.34. The standard InChI is InChI=1S/C16H17N3O3S/c1-3-21-15-6-4-11(14-7-5-12(9-20)22-14)8-13(15)19-16(23-2)18-10-17/h4-8,20H,3,9H2,1-2H3,(H,18,19). The van der Waals surface area contributed by atoms with Crippen LogP contribution in [0.15, 0.2) is 39.7 Å². The Hall–Kier alpha value is -2.43. The lowest BCUT2D eigenvalue weighted by Crippen LogP contribution is -2.12. The first-order chi connectivity index (χ1) is 11.2. The molecular formula is C16H17N3O3S. The zero-order valence-corrected chi connectivity index (χ0v) is 13.7. The summed E-state index contributed by atoms with van der Waals surface area (Å²) in [6.07, 6.45) is 3.69. The molecule has 0 spiro atoms. The van der Waals surface area contributed by atoms with Gasteiger partial charge in [0.15, 0.2) is 11.4 Å². The van der Waals surface area contributed by atoms with Crippen molar-refractivity contribution < 1.29 is 14.3 Å². The van der Waals surface area contributed by atoms with Gasteiger partial charge in [0, 0.05) is 5.56 Å². The highest BCUT2D eigenvalue weighted by molar-refractivity contribution is 8.13. The lowest BCUT2D eigenvalue weighted by molar-refractivity contribution is 0.248. The minimum absolute atomic E-state index is 0.148. The number of aliphatic hydroxyl groups excluding tert-OH is 1. The maximum absolute atomic E-state index is 9.10. The van der Waals surface area contributed by atoms with Crippen molar-refractivity contribution in [3.8, 4) is 23.3 Å². The molecule has 1 aromatic carbocycles. The van der Waals surface area contributed by atoms with Crippen LogP contribution in [0.5, 0.6) is 5.75 Å². The fourth-order valence-corrected chi connectivity index (χ4v) is 2.27. The monoisotopic (exact) mass is 331 g/mol. The van der Waals surface area contributed by atoms with E-state index in [9.17, 15) is 0 Å². The van der Waals surface area contributed by atoms with Gasteiger partial charge in [-0.25, -0.2) is 4.99 Å². The van der Waals surface area contributed by atoms with E-state index in [0.717, 1.165) is 5.56 Å². The number of aliphatic hydroxyl groups is 1. The molecule has 2 rings (SSSR count). The molecule has 0 aliphatic carbocycles. The molecule has 0 saturated carbocycles. The molecule has 0 amide bonds. The molecule has 6 nitrogen and oxygen atoms in total. The van der Waals surface area contributed by atoms with Crippen LogP contribution in [-0.2, 0) is 6.61 Å². The molecular weight excluding hydrogens is 314 g/mol. The van der Waals surface area contributed by atoms with Crippen molar-refractivity contribution in [3.63, 3.8) is 0 Å². The summed E-state index contributed by atoms with van der Waals surface area (Å²) in [5, 5.41) is 20.9. The van der Waals surface area contributed by atoms with Crippen molar-refractivity contribution in [1.29, 1.82) is 5.26 Å². The SMILES string of the molecule is CCOc1ccc(-c2ccc(CO)o2)cc1N=C(NC#N)SC. The first-order valence-corrected chi connectivity index (χ1v) is 8.18. The Balaban J connectivity index is 2.44. The second-order valence-corrected chi connectivity index (χ2v) is 5.19. The van der Waals surface area contributed by atoms with E-state index >= 15 is 0 Å². The largest absolute Gasteiger partial charge is 0.492 e. The lowest BCUT2D eigenvalue weighted by atomic mass is 10.1. The Morgan fingerprint density at radius 2 is 2.26 bits per heavy atom. The van der Waals surface area contributed by atoms with Crippen LogP contribution in [0.4, 0.5) is 5.69 Å². The van der Waals surface area contributed by atoms with E-state index in [0.29, 0.717) is 34.7 Å². The zero-order valence-electron chi connectivity index (χ0n) is 12.9. The van der Waals surface area contributed by atoms with Gasteiger partial charge in [-0.1, -0.05) is 11.8 Å². The average molecular weight is 331 g/mol. The van der Waals surface area contributed by atoms with Crippen LogP contribution in [0.1, 0.15) is 12.7 Å². The molecule has 23 heavy (non-hydrogen) atoms. The molecule has 120 valence electrons. The number of nitriles is 1. The number of hydrogen-bond donors (Lipinski definition) is 2. The Labute approximate surface area is 138 Å². The van der Waals surface area contributed by atoms with E-state index in [2.05, 4.69) is 10.3 Å². The predicted octanol–water partition coefficient (Wildman–Crippen LogP) is 3.26. The van der Waals surface area contributed by atoms with Crippen molar-refractivity contribution in [2.24, 2.45) is 4.99 Å². The Morgan fingerprint density at radius 3 is 2.87 bits per heavy atom. The molecule has 1 aromatic heterocycles. The first-order valence-electron chi connectivity index (χ1n) is 6.96. The van der Waals surface area contributed by atoms with Gasteiger partial charge in [-0.2, -0.15) is 5.26 Å². The van der Waals surface area contributed by atoms with Gasteiger partial charge >= 0.3 is 0 Å². The summed E-state index contributed by atoms with van der Waals surface area (Å²) >= 11 is 1.33. The number of thioether (sulfide) groups is 1. The van der Waals surface area contributed by atoms with Crippen molar-refractivity contribution in [3.05, 3.63) is 36.1 Å². The van der Waals surface area contributed by atoms with Crippen LogP contribution in [0.3, 0.4) is 0 Å². The number of benzene rings is 1. The van der Waals surface area contributed by atoms with E-state index < -0.39 is 0 Å². The smallest absolute Gasteiger partial charge is 0.183 e. The predicted molar refractivity (Wildman–Crippen MR) is 90.6 cm³/mol. The summed E-state index contributed by atoms with van der Waals surface area (Å²) in [4.78, 5) is 4.43. The Morgan fingerprint density at radius 1 is 1.43 bits per heavy atom. The van der Waals surface area contributed by atoms with E-state index in [1.165, 1.54) is 11.8 Å². The second kappa shape index (κ2) is 8.27. The molecule has 1 heterocycles. The summed E-state index contributed by atoms with van der Waals surface area (Å²) < 4.78 is 11.1. The number of aliphatic imine (C=N–C) groups is 1. The fraction of sp³-hybridized carbons (Fsp3) is 0.250. The lowest BCUT2D eigenvalue weighted by Gasteiger charge is -2.09. The number of nitrogens with one attached hydrogen (secondary N) is 1. The average Bonchev–Trinajstić information content (AvgIpc) is 3.05. The van der Waals surface area contributed by atoms with Gasteiger partial charge in [-0.3, -0.25) is 5.32 Å². The third-order valence-electron chi connectivity index (χ3n) is 2.94. The van der Waals surface area contributed by atoms with E-state index in [-0.39, 0.29) is 6.61 Å². The van der Waals surface area contributed by atoms with Gasteiger partial charge in [-0.05, 0) is 43.5 Å². The zero-order chi connectivity index (χ0) is 16.7. The minimum atomic E-state index is -0.148. The van der Waals surface area contributed by atoms with Gasteiger partial charge in [0.2, 0.25) is 0 Å². The van der Waals surface area contributed by atoms with Crippen LogP contribution >= 0.6 is 11.8 Å². The fourth-order valence-electron chi connectivity index (χ4n) is 1.94. The van der Waals surface area contributed by atoms with Gasteiger partial charge < -0.3 is 14.3 Å². The summed E-state index contributed by atoms with van der Waals surface area (Å²) in [7, 11) is 0. The van der Waals surface area contributed by atoms with E-state index in [4.69, 9.17) is 19.5 Å². The molecule has 0 fully saturated rings. The van der Waals surface area contributed by atoms with Crippen LogP contribution in [0.2, 0.25) is 0 Å². The maximum atomic E-state index is 9.10. The molecule has 2 N–H and O–H groups in total. The third-order valence-corrected chi connectivity index (χ3v) is 3.52. The molecule has 0 aliphatic heterocycles. The molecule has 0 radical (unpaired) electrons. The molecule has 0 bridgehead atoms. The molecule has 0 unspecified atom stereocenters. The molecule has 0 aliphatic rings. The molecule has 7 heteroatoms. The van der Waals surface area contributed by atoms with Gasteiger partial charge in [0.05, 0.1) is 6.61 Å². The number of ether oxygens (including phenoxy) is 1. The topological polar surface area (TPSA) is 90.8 Å². The van der Waals surface area contributed by atoms with E-state index in [1.807, 2.05) is 37.6 Å². The summed E-state index contributed by atoms with van der Waals surface area (Å²) in [5.74, 6) is 1.75. The van der Waals surface area contributed by atoms with Crippen molar-refractivity contribution in [1.82, 2.24) is 5.32 Å². The number of rotatable bonds is 5. The summed E-state index contributed by atoms with van der Waals surface area (Å²) in [5.41, 5.74) is 1.41. The van der Waals surface area contributed by atoms with Crippen LogP contribution < -0.4 is 10.1 Å². The molecule has 2 aromatic rings. The van der Waals surface area contributed by atoms with Crippen LogP contribution in [0.25, 0.3) is 11.3 Å². The number of amidine groups is 1. The number of nitrogens with zero attached hydrogens (tertiary/aromatic N) is 2. The van der Waals surface area contributed by atoms with Crippen molar-refractivity contribution in [2.75, 3.05) is 12.9 Å². The van der Waals surface area contributed by atoms with Gasteiger partial charge in [0.25, 0.3) is 0 Å². The molecule has 0 atom stereocenters. The van der Waals surface area contributed by atoms with Crippen LogP contribution in [-0.4, -0.2) is 23.1 Å². The second-order valence-electron chi connectivity index (χ2n) is 4.40. The highest BCUT2D eigenvalue weighted by atomic mass is 32.2. The molecule has 0 saturated heterocycles. The van der Waals surface area contributed by atoms with Crippen molar-refractivity contribution >= 4 is 22.6 Å². The summed E-state index contributed by atoms with van der Waals surface area (Å²) in [6.45, 7) is 2.26. The first kappa shape index (κ1) is 16.9. The van der Waals surface area contributed by atoms with Gasteiger partial charge in [0.1, 0.15) is 29.6 Å². The Bertz CT molecular complexity index is 734. The quantitative estimate of drug-likeness (QED) is 0.378.